The largest absolute Gasteiger partial charge is 0.372 e. The highest BCUT2D eigenvalue weighted by molar-refractivity contribution is 14.0. The summed E-state index contributed by atoms with van der Waals surface area (Å²) in [7, 11) is 1.78. The Labute approximate surface area is 200 Å². The molecule has 0 aliphatic heterocycles. The topological polar surface area (TPSA) is 58.5 Å². The van der Waals surface area contributed by atoms with Crippen molar-refractivity contribution in [1.82, 2.24) is 15.6 Å². The van der Waals surface area contributed by atoms with Gasteiger partial charge in [0.25, 0.3) is 0 Å². The summed E-state index contributed by atoms with van der Waals surface area (Å²) in [5.74, 6) is 0.762. The Bertz CT molecular complexity index is 914. The molecule has 2 N–H and O–H groups in total. The van der Waals surface area contributed by atoms with Gasteiger partial charge >= 0.3 is 0 Å². The minimum atomic E-state index is 0. The standard InChI is InChI=1S/C23H28N4OS.HI/c1-3-21-14-25-22(29-21)15-27-23(24-2)26-13-19-11-7-8-12-20(19)17-28-16-18-9-5-4-6-10-18;/h4-12,14H,3,13,15-17H2,1-2H3,(H2,24,26,27);1H. The number of guanidine groups is 1. The van der Waals surface area contributed by atoms with E-state index in [-0.39, 0.29) is 24.0 Å². The van der Waals surface area contributed by atoms with Crippen LogP contribution in [0.4, 0.5) is 0 Å². The Hall–Kier alpha value is -1.97. The Kier molecular flexibility index (Phi) is 10.8. The fourth-order valence-electron chi connectivity index (χ4n) is 2.88. The molecule has 160 valence electrons. The molecule has 3 aromatic rings. The highest BCUT2D eigenvalue weighted by Crippen LogP contribution is 2.13. The number of nitrogens with one attached hydrogen (secondary N) is 2. The number of nitrogens with zero attached hydrogens (tertiary/aromatic N) is 2. The molecular formula is C23H29IN4OS. The molecule has 1 aromatic heterocycles. The number of thiazole rings is 1. The number of halogens is 1. The third kappa shape index (κ3) is 7.70. The summed E-state index contributed by atoms with van der Waals surface area (Å²) in [5, 5.41) is 7.79. The maximum atomic E-state index is 5.92. The predicted octanol–water partition coefficient (Wildman–Crippen LogP) is 4.91. The Morgan fingerprint density at radius 1 is 0.967 bits per heavy atom. The number of benzene rings is 2. The van der Waals surface area contributed by atoms with Crippen LogP contribution >= 0.6 is 35.3 Å². The van der Waals surface area contributed by atoms with Gasteiger partial charge in [0.1, 0.15) is 5.01 Å². The van der Waals surface area contributed by atoms with E-state index in [9.17, 15) is 0 Å². The van der Waals surface area contributed by atoms with Crippen molar-refractivity contribution in [2.24, 2.45) is 4.99 Å². The molecular weight excluding hydrogens is 507 g/mol. The number of aliphatic imine (C=N–C) groups is 1. The maximum Gasteiger partial charge on any atom is 0.191 e. The van der Waals surface area contributed by atoms with Crippen LogP contribution in [0.2, 0.25) is 0 Å². The molecule has 0 radical (unpaired) electrons. The van der Waals surface area contributed by atoms with Gasteiger partial charge in [-0.25, -0.2) is 4.98 Å². The third-order valence-electron chi connectivity index (χ3n) is 4.51. The number of rotatable bonds is 9. The van der Waals surface area contributed by atoms with E-state index in [0.717, 1.165) is 17.4 Å². The van der Waals surface area contributed by atoms with E-state index >= 15 is 0 Å². The van der Waals surface area contributed by atoms with E-state index in [1.54, 1.807) is 18.4 Å². The Morgan fingerprint density at radius 3 is 2.37 bits per heavy atom. The zero-order valence-electron chi connectivity index (χ0n) is 17.4. The summed E-state index contributed by atoms with van der Waals surface area (Å²) in [6.07, 6.45) is 2.97. The fraction of sp³-hybridized carbons (Fsp3) is 0.304. The van der Waals surface area contributed by atoms with Gasteiger partial charge in [0.2, 0.25) is 0 Å². The normalized spacial score (nSPS) is 11.1. The lowest BCUT2D eigenvalue weighted by atomic mass is 10.1. The molecule has 7 heteroatoms. The van der Waals surface area contributed by atoms with Gasteiger partial charge in [-0.2, -0.15) is 0 Å². The van der Waals surface area contributed by atoms with Crippen molar-refractivity contribution in [2.45, 2.75) is 39.6 Å². The van der Waals surface area contributed by atoms with Gasteiger partial charge in [0.15, 0.2) is 5.96 Å². The van der Waals surface area contributed by atoms with E-state index in [0.29, 0.717) is 26.3 Å². The molecule has 2 aromatic carbocycles. The molecule has 0 unspecified atom stereocenters. The lowest BCUT2D eigenvalue weighted by Gasteiger charge is -2.14. The summed E-state index contributed by atoms with van der Waals surface area (Å²) in [6, 6.07) is 18.6. The SMILES string of the molecule is CCc1cnc(CNC(=NC)NCc2ccccc2COCc2ccccc2)s1.I. The number of aryl methyl sites for hydroxylation is 1. The van der Waals surface area contributed by atoms with Crippen LogP contribution in [0.15, 0.2) is 65.8 Å². The first kappa shape index (κ1) is 24.3. The fourth-order valence-corrected chi connectivity index (χ4v) is 3.68. The zero-order valence-corrected chi connectivity index (χ0v) is 20.6. The number of ether oxygens (including phenoxy) is 1. The highest BCUT2D eigenvalue weighted by Gasteiger charge is 2.06. The number of aromatic nitrogens is 1. The Balaban J connectivity index is 0.00000320. The molecule has 0 fully saturated rings. The van der Waals surface area contributed by atoms with Gasteiger partial charge in [-0.1, -0.05) is 61.5 Å². The van der Waals surface area contributed by atoms with Crippen LogP contribution in [-0.2, 0) is 37.5 Å². The van der Waals surface area contributed by atoms with E-state index in [1.807, 2.05) is 30.5 Å². The van der Waals surface area contributed by atoms with E-state index in [2.05, 4.69) is 57.9 Å². The average Bonchev–Trinajstić information content (AvgIpc) is 3.24. The molecule has 1 heterocycles. The van der Waals surface area contributed by atoms with Gasteiger partial charge < -0.3 is 15.4 Å². The molecule has 0 saturated carbocycles. The lowest BCUT2D eigenvalue weighted by molar-refractivity contribution is 0.106. The van der Waals surface area contributed by atoms with Crippen LogP contribution < -0.4 is 10.6 Å². The quantitative estimate of drug-likeness (QED) is 0.232. The minimum absolute atomic E-state index is 0. The van der Waals surface area contributed by atoms with Gasteiger partial charge in [0.05, 0.1) is 19.8 Å². The molecule has 0 aliphatic rings. The number of hydrogen-bond donors (Lipinski definition) is 2. The molecule has 0 spiro atoms. The van der Waals surface area contributed by atoms with Crippen molar-refractivity contribution < 1.29 is 4.74 Å². The predicted molar refractivity (Wildman–Crippen MR) is 135 cm³/mol. The molecule has 3 rings (SSSR count). The monoisotopic (exact) mass is 536 g/mol. The van der Waals surface area contributed by atoms with Crippen molar-refractivity contribution in [2.75, 3.05) is 7.05 Å². The summed E-state index contributed by atoms with van der Waals surface area (Å²) >= 11 is 1.74. The first-order valence-corrected chi connectivity index (χ1v) is 10.7. The number of hydrogen-bond acceptors (Lipinski definition) is 4. The van der Waals surface area contributed by atoms with E-state index in [4.69, 9.17) is 4.74 Å². The maximum absolute atomic E-state index is 5.92. The molecule has 0 aliphatic carbocycles. The third-order valence-corrected chi connectivity index (χ3v) is 5.66. The minimum Gasteiger partial charge on any atom is -0.372 e. The van der Waals surface area contributed by atoms with Crippen molar-refractivity contribution in [3.05, 3.63) is 87.4 Å². The first-order valence-electron chi connectivity index (χ1n) is 9.85. The molecule has 0 bridgehead atoms. The lowest BCUT2D eigenvalue weighted by Crippen LogP contribution is -2.36. The van der Waals surface area contributed by atoms with Gasteiger partial charge in [-0.15, -0.1) is 35.3 Å². The summed E-state index contributed by atoms with van der Waals surface area (Å²) < 4.78 is 5.92. The molecule has 0 amide bonds. The van der Waals surface area contributed by atoms with Crippen LogP contribution in [0, 0.1) is 0 Å². The zero-order chi connectivity index (χ0) is 20.3. The summed E-state index contributed by atoms with van der Waals surface area (Å²) in [5.41, 5.74) is 3.56. The van der Waals surface area contributed by atoms with Crippen molar-refractivity contribution >= 4 is 41.3 Å². The summed E-state index contributed by atoms with van der Waals surface area (Å²) in [6.45, 7) is 4.69. The van der Waals surface area contributed by atoms with Crippen LogP contribution in [0.25, 0.3) is 0 Å². The van der Waals surface area contributed by atoms with Crippen LogP contribution in [0.3, 0.4) is 0 Å². The van der Waals surface area contributed by atoms with Crippen LogP contribution in [-0.4, -0.2) is 18.0 Å². The van der Waals surface area contributed by atoms with Crippen LogP contribution in [0.1, 0.15) is 33.5 Å². The second-order valence-corrected chi connectivity index (χ2v) is 7.80. The van der Waals surface area contributed by atoms with E-state index in [1.165, 1.54) is 21.6 Å². The molecule has 5 nitrogen and oxygen atoms in total. The van der Waals surface area contributed by atoms with Crippen molar-refractivity contribution in [1.29, 1.82) is 0 Å². The second-order valence-electron chi connectivity index (χ2n) is 6.60. The van der Waals surface area contributed by atoms with Gasteiger partial charge in [0, 0.05) is 24.7 Å². The van der Waals surface area contributed by atoms with Gasteiger partial charge in [-0.05, 0) is 23.1 Å². The van der Waals surface area contributed by atoms with E-state index < -0.39 is 0 Å². The molecule has 30 heavy (non-hydrogen) atoms. The van der Waals surface area contributed by atoms with Crippen LogP contribution in [0.5, 0.6) is 0 Å². The highest BCUT2D eigenvalue weighted by atomic mass is 127. The smallest absolute Gasteiger partial charge is 0.191 e. The van der Waals surface area contributed by atoms with Gasteiger partial charge in [-0.3, -0.25) is 4.99 Å². The Morgan fingerprint density at radius 2 is 1.67 bits per heavy atom. The molecule has 0 atom stereocenters. The van der Waals surface area contributed by atoms with Crippen molar-refractivity contribution in [3.63, 3.8) is 0 Å². The second kappa shape index (κ2) is 13.4. The first-order chi connectivity index (χ1) is 14.3. The average molecular weight is 536 g/mol. The molecule has 0 saturated heterocycles. The summed E-state index contributed by atoms with van der Waals surface area (Å²) in [4.78, 5) is 10.1. The van der Waals surface area contributed by atoms with Crippen molar-refractivity contribution in [3.8, 4) is 0 Å².